The molecule has 0 saturated carbocycles. The predicted octanol–water partition coefficient (Wildman–Crippen LogP) is 1.10. The summed E-state index contributed by atoms with van der Waals surface area (Å²) in [6, 6.07) is 5.31. The molecule has 94 valence electrons. The number of pyridine rings is 1. The van der Waals surface area contributed by atoms with Gasteiger partial charge in [0.2, 0.25) is 5.16 Å². The van der Waals surface area contributed by atoms with E-state index in [0.29, 0.717) is 16.1 Å². The van der Waals surface area contributed by atoms with Crippen LogP contribution in [-0.4, -0.2) is 36.3 Å². The molecule has 0 spiro atoms. The monoisotopic (exact) mass is 285 g/mol. The Balaban J connectivity index is 2.02. The Labute approximate surface area is 111 Å². The van der Waals surface area contributed by atoms with Crippen molar-refractivity contribution < 1.29 is 9.90 Å². The second-order valence-corrected chi connectivity index (χ2v) is 4.58. The highest BCUT2D eigenvalue weighted by Crippen LogP contribution is 2.19. The summed E-state index contributed by atoms with van der Waals surface area (Å²) in [4.78, 5) is 14.7. The van der Waals surface area contributed by atoms with Gasteiger partial charge in [-0.15, -0.1) is 5.10 Å². The quantitative estimate of drug-likeness (QED) is 0.649. The first-order chi connectivity index (χ1) is 8.65. The Bertz CT molecular complexity index is 561. The average molecular weight is 286 g/mol. The van der Waals surface area contributed by atoms with Gasteiger partial charge < -0.3 is 5.11 Å². The molecule has 0 aliphatic rings. The summed E-state index contributed by atoms with van der Waals surface area (Å²) in [6.45, 7) is -0.266. The summed E-state index contributed by atoms with van der Waals surface area (Å²) >= 11 is 7.06. The van der Waals surface area contributed by atoms with Crippen LogP contribution in [0.2, 0.25) is 5.15 Å². The number of nitrogens with zero attached hydrogens (tertiary/aromatic N) is 5. The maximum atomic E-state index is 10.6. The molecule has 0 aromatic carbocycles. The van der Waals surface area contributed by atoms with Crippen LogP contribution in [0.1, 0.15) is 5.69 Å². The highest BCUT2D eigenvalue weighted by Gasteiger charge is 2.10. The number of hydrogen-bond donors (Lipinski definition) is 1. The van der Waals surface area contributed by atoms with Gasteiger partial charge in [-0.2, -0.15) is 0 Å². The number of aromatic nitrogens is 5. The molecule has 0 fully saturated rings. The van der Waals surface area contributed by atoms with E-state index in [1.807, 2.05) is 6.07 Å². The highest BCUT2D eigenvalue weighted by atomic mass is 35.5. The van der Waals surface area contributed by atoms with Crippen molar-refractivity contribution in [1.29, 1.82) is 0 Å². The molecule has 0 bridgehead atoms. The van der Waals surface area contributed by atoms with Crippen LogP contribution >= 0.6 is 23.4 Å². The maximum Gasteiger partial charge on any atom is 0.325 e. The third-order valence-electron chi connectivity index (χ3n) is 1.91. The van der Waals surface area contributed by atoms with E-state index >= 15 is 0 Å². The number of halogens is 1. The minimum absolute atomic E-state index is 0.266. The Morgan fingerprint density at radius 1 is 1.50 bits per heavy atom. The first-order valence-corrected chi connectivity index (χ1v) is 6.23. The lowest BCUT2D eigenvalue weighted by molar-refractivity contribution is -0.138. The molecule has 18 heavy (non-hydrogen) atoms. The first kappa shape index (κ1) is 12.8. The van der Waals surface area contributed by atoms with E-state index in [4.69, 9.17) is 16.7 Å². The Kier molecular flexibility index (Phi) is 4.11. The van der Waals surface area contributed by atoms with E-state index in [1.165, 1.54) is 16.4 Å². The standard InChI is InChI=1S/C9H8ClN5O2S/c10-7-3-1-2-6(11-7)5-18-9-12-13-14-15(9)4-8(16)17/h1-3H,4-5H2,(H,16,17). The molecule has 2 aromatic heterocycles. The van der Waals surface area contributed by atoms with Crippen molar-refractivity contribution in [2.24, 2.45) is 0 Å². The molecular formula is C9H8ClN5O2S. The first-order valence-electron chi connectivity index (χ1n) is 4.87. The van der Waals surface area contributed by atoms with Gasteiger partial charge in [0.05, 0.1) is 5.69 Å². The van der Waals surface area contributed by atoms with Crippen LogP contribution in [0, 0.1) is 0 Å². The second-order valence-electron chi connectivity index (χ2n) is 3.25. The van der Waals surface area contributed by atoms with E-state index in [9.17, 15) is 4.79 Å². The van der Waals surface area contributed by atoms with Crippen molar-refractivity contribution in [1.82, 2.24) is 25.2 Å². The summed E-state index contributed by atoms with van der Waals surface area (Å²) in [5.41, 5.74) is 0.775. The molecule has 7 nitrogen and oxygen atoms in total. The smallest absolute Gasteiger partial charge is 0.325 e. The van der Waals surface area contributed by atoms with Gasteiger partial charge in [0.15, 0.2) is 0 Å². The van der Waals surface area contributed by atoms with Crippen LogP contribution < -0.4 is 0 Å². The SMILES string of the molecule is O=C(O)Cn1nnnc1SCc1cccc(Cl)n1. The van der Waals surface area contributed by atoms with Gasteiger partial charge >= 0.3 is 5.97 Å². The summed E-state index contributed by atoms with van der Waals surface area (Å²) in [7, 11) is 0. The molecule has 2 heterocycles. The number of carbonyl (C=O) groups is 1. The number of thioether (sulfide) groups is 1. The van der Waals surface area contributed by atoms with E-state index in [0.717, 1.165) is 5.69 Å². The zero-order valence-corrected chi connectivity index (χ0v) is 10.6. The summed E-state index contributed by atoms with van der Waals surface area (Å²) in [6.07, 6.45) is 0. The fourth-order valence-corrected chi connectivity index (χ4v) is 2.16. The molecule has 0 aliphatic carbocycles. The zero-order chi connectivity index (χ0) is 13.0. The number of rotatable bonds is 5. The average Bonchev–Trinajstić information content (AvgIpc) is 2.73. The highest BCUT2D eigenvalue weighted by molar-refractivity contribution is 7.98. The molecular weight excluding hydrogens is 278 g/mol. The fraction of sp³-hybridized carbons (Fsp3) is 0.222. The lowest BCUT2D eigenvalue weighted by atomic mass is 10.4. The molecule has 0 aliphatic heterocycles. The minimum atomic E-state index is -0.995. The van der Waals surface area contributed by atoms with Gasteiger partial charge in [-0.25, -0.2) is 9.67 Å². The van der Waals surface area contributed by atoms with Crippen molar-refractivity contribution in [3.63, 3.8) is 0 Å². The molecule has 9 heteroatoms. The molecule has 1 N–H and O–H groups in total. The number of carboxylic acid groups (broad SMARTS) is 1. The lowest BCUT2D eigenvalue weighted by Crippen LogP contribution is -2.11. The van der Waals surface area contributed by atoms with E-state index in [2.05, 4.69) is 20.5 Å². The van der Waals surface area contributed by atoms with Gasteiger partial charge in [-0.3, -0.25) is 4.79 Å². The molecule has 0 unspecified atom stereocenters. The largest absolute Gasteiger partial charge is 0.480 e. The normalized spacial score (nSPS) is 10.5. The third kappa shape index (κ3) is 3.41. The van der Waals surface area contributed by atoms with Crippen LogP contribution in [0.15, 0.2) is 23.4 Å². The van der Waals surface area contributed by atoms with Crippen molar-refractivity contribution >= 4 is 29.3 Å². The van der Waals surface area contributed by atoms with Crippen LogP contribution in [-0.2, 0) is 17.1 Å². The van der Waals surface area contributed by atoms with Gasteiger partial charge in [-0.1, -0.05) is 29.4 Å². The minimum Gasteiger partial charge on any atom is -0.480 e. The van der Waals surface area contributed by atoms with Crippen LogP contribution in [0.5, 0.6) is 0 Å². The van der Waals surface area contributed by atoms with E-state index in [1.54, 1.807) is 12.1 Å². The van der Waals surface area contributed by atoms with Crippen molar-refractivity contribution in [2.45, 2.75) is 17.5 Å². The predicted molar refractivity (Wildman–Crippen MR) is 64.3 cm³/mol. The Morgan fingerprint density at radius 2 is 2.33 bits per heavy atom. The fourth-order valence-electron chi connectivity index (χ4n) is 1.20. The molecule has 0 amide bonds. The Hall–Kier alpha value is -1.67. The van der Waals surface area contributed by atoms with Crippen molar-refractivity contribution in [2.75, 3.05) is 0 Å². The number of aliphatic carboxylic acids is 1. The summed E-state index contributed by atoms with van der Waals surface area (Å²) in [5.74, 6) is -0.481. The van der Waals surface area contributed by atoms with Crippen LogP contribution in [0.4, 0.5) is 0 Å². The van der Waals surface area contributed by atoms with Gasteiger partial charge in [0.1, 0.15) is 11.7 Å². The number of hydrogen-bond acceptors (Lipinski definition) is 6. The maximum absolute atomic E-state index is 10.6. The van der Waals surface area contributed by atoms with Crippen molar-refractivity contribution in [3.05, 3.63) is 29.0 Å². The molecule has 0 atom stereocenters. The van der Waals surface area contributed by atoms with Gasteiger partial charge in [0.25, 0.3) is 0 Å². The van der Waals surface area contributed by atoms with E-state index < -0.39 is 5.97 Å². The zero-order valence-electron chi connectivity index (χ0n) is 9.02. The Morgan fingerprint density at radius 3 is 3.06 bits per heavy atom. The number of carboxylic acids is 1. The summed E-state index contributed by atoms with van der Waals surface area (Å²) < 4.78 is 1.22. The van der Waals surface area contributed by atoms with Gasteiger partial charge in [0, 0.05) is 5.75 Å². The molecule has 0 radical (unpaired) electrons. The van der Waals surface area contributed by atoms with E-state index in [-0.39, 0.29) is 6.54 Å². The molecule has 0 saturated heterocycles. The molecule has 2 aromatic rings. The second kappa shape index (κ2) is 5.78. The summed E-state index contributed by atoms with van der Waals surface area (Å²) in [5, 5.41) is 20.3. The van der Waals surface area contributed by atoms with Crippen LogP contribution in [0.3, 0.4) is 0 Å². The molecule has 2 rings (SSSR count). The third-order valence-corrected chi connectivity index (χ3v) is 3.11. The van der Waals surface area contributed by atoms with Gasteiger partial charge in [-0.05, 0) is 22.6 Å². The van der Waals surface area contributed by atoms with Crippen LogP contribution in [0.25, 0.3) is 0 Å². The van der Waals surface area contributed by atoms with Crippen molar-refractivity contribution in [3.8, 4) is 0 Å². The number of tetrazole rings is 1. The lowest BCUT2D eigenvalue weighted by Gasteiger charge is -2.01. The topological polar surface area (TPSA) is 93.8 Å².